The molecule has 0 N–H and O–H groups in total. The molecular formula is C15H21N4. The number of nitrogens with zero attached hydrogens (tertiary/aromatic N) is 4. The lowest BCUT2D eigenvalue weighted by Gasteiger charge is -2.07. The van der Waals surface area contributed by atoms with E-state index in [4.69, 9.17) is 0 Å². The largest absolute Gasteiger partial charge is 0.197 e. The molecule has 0 aliphatic heterocycles. The number of unbranched alkanes of at least 4 members (excludes halogenated alkanes) is 1. The van der Waals surface area contributed by atoms with Crippen LogP contribution in [0.3, 0.4) is 0 Å². The van der Waals surface area contributed by atoms with E-state index in [9.17, 15) is 0 Å². The number of rotatable bonds is 6. The van der Waals surface area contributed by atoms with Crippen LogP contribution < -0.4 is 0 Å². The standard InChI is InChI=1S/C15H21N4/c1-4-5-6-13-7-9-14(10-8-13)19-15(11-12(2)3)16-17-18-19/h7-10,12H,1,4-6,11H2,2-3H3. The highest BCUT2D eigenvalue weighted by molar-refractivity contribution is 5.34. The molecule has 2 rings (SSSR count). The summed E-state index contributed by atoms with van der Waals surface area (Å²) in [7, 11) is 0. The van der Waals surface area contributed by atoms with E-state index in [1.165, 1.54) is 5.56 Å². The molecule has 0 saturated carbocycles. The molecule has 1 aromatic carbocycles. The Morgan fingerprint density at radius 1 is 1.21 bits per heavy atom. The van der Waals surface area contributed by atoms with E-state index in [0.717, 1.165) is 37.2 Å². The van der Waals surface area contributed by atoms with E-state index in [1.54, 1.807) is 0 Å². The minimum atomic E-state index is 0.543. The molecule has 1 heterocycles. The summed E-state index contributed by atoms with van der Waals surface area (Å²) in [5, 5.41) is 12.0. The van der Waals surface area contributed by atoms with Crippen molar-refractivity contribution in [2.75, 3.05) is 0 Å². The number of benzene rings is 1. The van der Waals surface area contributed by atoms with Crippen LogP contribution >= 0.6 is 0 Å². The lowest BCUT2D eigenvalue weighted by Crippen LogP contribution is -2.06. The Bertz CT molecular complexity index is 499. The molecule has 0 amide bonds. The highest BCUT2D eigenvalue weighted by Gasteiger charge is 2.09. The second-order valence-corrected chi connectivity index (χ2v) is 5.23. The molecule has 0 fully saturated rings. The Balaban J connectivity index is 2.15. The first-order valence-corrected chi connectivity index (χ1v) is 6.86. The fraction of sp³-hybridized carbons (Fsp3) is 0.467. The smallest absolute Gasteiger partial charge is 0.156 e. The normalized spacial score (nSPS) is 11.2. The number of aromatic nitrogens is 4. The van der Waals surface area contributed by atoms with E-state index in [-0.39, 0.29) is 0 Å². The van der Waals surface area contributed by atoms with Gasteiger partial charge in [-0.15, -0.1) is 5.10 Å². The van der Waals surface area contributed by atoms with Gasteiger partial charge in [-0.05, 0) is 46.9 Å². The number of hydrogen-bond donors (Lipinski definition) is 0. The van der Waals surface area contributed by atoms with Crippen LogP contribution in [0.1, 0.15) is 38.1 Å². The van der Waals surface area contributed by atoms with Crippen LogP contribution in [0.25, 0.3) is 5.69 Å². The molecule has 2 aromatic rings. The fourth-order valence-corrected chi connectivity index (χ4v) is 2.03. The quantitative estimate of drug-likeness (QED) is 0.799. The molecular weight excluding hydrogens is 236 g/mol. The SMILES string of the molecule is [CH2]CCCc1ccc(-n2nnnc2CC(C)C)cc1. The second kappa shape index (κ2) is 6.45. The third kappa shape index (κ3) is 3.63. The van der Waals surface area contributed by atoms with Crippen molar-refractivity contribution in [2.45, 2.75) is 39.5 Å². The fourth-order valence-electron chi connectivity index (χ4n) is 2.03. The zero-order valence-electron chi connectivity index (χ0n) is 11.7. The number of hydrogen-bond acceptors (Lipinski definition) is 3. The van der Waals surface area contributed by atoms with Crippen molar-refractivity contribution in [1.82, 2.24) is 20.2 Å². The summed E-state index contributed by atoms with van der Waals surface area (Å²) in [4.78, 5) is 0. The second-order valence-electron chi connectivity index (χ2n) is 5.23. The maximum Gasteiger partial charge on any atom is 0.156 e. The Kier molecular flexibility index (Phi) is 4.66. The summed E-state index contributed by atoms with van der Waals surface area (Å²) in [5.74, 6) is 1.46. The Labute approximate surface area is 114 Å². The van der Waals surface area contributed by atoms with Crippen LogP contribution in [0.15, 0.2) is 24.3 Å². The van der Waals surface area contributed by atoms with Gasteiger partial charge in [0.25, 0.3) is 0 Å². The van der Waals surface area contributed by atoms with Gasteiger partial charge < -0.3 is 0 Å². The zero-order chi connectivity index (χ0) is 13.7. The van der Waals surface area contributed by atoms with Gasteiger partial charge in [0.1, 0.15) is 0 Å². The lowest BCUT2D eigenvalue weighted by molar-refractivity contribution is 0.605. The molecule has 1 aromatic heterocycles. The van der Waals surface area contributed by atoms with Gasteiger partial charge in [0.05, 0.1) is 5.69 Å². The molecule has 0 aliphatic rings. The van der Waals surface area contributed by atoms with Gasteiger partial charge in [0.2, 0.25) is 0 Å². The average Bonchev–Trinajstić information content (AvgIpc) is 2.84. The first-order valence-electron chi connectivity index (χ1n) is 6.86. The molecule has 1 radical (unpaired) electrons. The molecule has 0 aliphatic carbocycles. The number of aryl methyl sites for hydroxylation is 1. The third-order valence-corrected chi connectivity index (χ3v) is 3.02. The van der Waals surface area contributed by atoms with Crippen LogP contribution in [0, 0.1) is 12.8 Å². The van der Waals surface area contributed by atoms with Gasteiger partial charge in [0, 0.05) is 6.42 Å². The molecule has 0 atom stereocenters. The van der Waals surface area contributed by atoms with Crippen molar-refractivity contribution >= 4 is 0 Å². The molecule has 0 saturated heterocycles. The summed E-state index contributed by atoms with van der Waals surface area (Å²) >= 11 is 0. The maximum absolute atomic E-state index is 4.10. The van der Waals surface area contributed by atoms with E-state index in [1.807, 2.05) is 4.68 Å². The number of tetrazole rings is 1. The van der Waals surface area contributed by atoms with Gasteiger partial charge in [0.15, 0.2) is 5.82 Å². The Morgan fingerprint density at radius 3 is 2.58 bits per heavy atom. The predicted molar refractivity (Wildman–Crippen MR) is 76.0 cm³/mol. The molecule has 0 spiro atoms. The van der Waals surface area contributed by atoms with Gasteiger partial charge in [-0.25, -0.2) is 0 Å². The van der Waals surface area contributed by atoms with Gasteiger partial charge in [-0.1, -0.05) is 39.3 Å². The molecule has 4 heteroatoms. The summed E-state index contributed by atoms with van der Waals surface area (Å²) in [6.45, 7) is 8.20. The lowest BCUT2D eigenvalue weighted by atomic mass is 10.1. The highest BCUT2D eigenvalue weighted by atomic mass is 15.5. The molecule has 101 valence electrons. The van der Waals surface area contributed by atoms with Gasteiger partial charge >= 0.3 is 0 Å². The van der Waals surface area contributed by atoms with E-state index in [0.29, 0.717) is 5.92 Å². The van der Waals surface area contributed by atoms with Crippen LogP contribution in [0.5, 0.6) is 0 Å². The van der Waals surface area contributed by atoms with E-state index >= 15 is 0 Å². The summed E-state index contributed by atoms with van der Waals surface area (Å²) in [6, 6.07) is 8.45. The van der Waals surface area contributed by atoms with E-state index in [2.05, 4.69) is 60.6 Å². The molecule has 0 bridgehead atoms. The van der Waals surface area contributed by atoms with Crippen molar-refractivity contribution < 1.29 is 0 Å². The minimum absolute atomic E-state index is 0.543. The first kappa shape index (κ1) is 13.7. The third-order valence-electron chi connectivity index (χ3n) is 3.02. The zero-order valence-corrected chi connectivity index (χ0v) is 11.7. The molecule has 4 nitrogen and oxygen atoms in total. The summed E-state index contributed by atoms with van der Waals surface area (Å²) in [6.07, 6.45) is 4.07. The maximum atomic E-state index is 4.10. The van der Waals surface area contributed by atoms with Crippen LogP contribution in [0.4, 0.5) is 0 Å². The van der Waals surface area contributed by atoms with Crippen molar-refractivity contribution in [3.8, 4) is 5.69 Å². The Hall–Kier alpha value is -1.71. The van der Waals surface area contributed by atoms with Crippen molar-refractivity contribution in [3.63, 3.8) is 0 Å². The Morgan fingerprint density at radius 2 is 1.95 bits per heavy atom. The minimum Gasteiger partial charge on any atom is -0.197 e. The molecule has 0 unspecified atom stereocenters. The van der Waals surface area contributed by atoms with E-state index < -0.39 is 0 Å². The first-order chi connectivity index (χ1) is 9.20. The van der Waals surface area contributed by atoms with Crippen molar-refractivity contribution in [3.05, 3.63) is 42.6 Å². The average molecular weight is 257 g/mol. The van der Waals surface area contributed by atoms with Gasteiger partial charge in [-0.3, -0.25) is 0 Å². The highest BCUT2D eigenvalue weighted by Crippen LogP contribution is 2.13. The van der Waals surface area contributed by atoms with Crippen molar-refractivity contribution in [2.24, 2.45) is 5.92 Å². The summed E-state index contributed by atoms with van der Waals surface area (Å²) in [5.41, 5.74) is 2.37. The predicted octanol–water partition coefficient (Wildman–Crippen LogP) is 3.02. The van der Waals surface area contributed by atoms with Crippen LogP contribution in [0.2, 0.25) is 0 Å². The van der Waals surface area contributed by atoms with Crippen LogP contribution in [-0.2, 0) is 12.8 Å². The van der Waals surface area contributed by atoms with Gasteiger partial charge in [-0.2, -0.15) is 4.68 Å². The van der Waals surface area contributed by atoms with Crippen LogP contribution in [-0.4, -0.2) is 20.2 Å². The monoisotopic (exact) mass is 257 g/mol. The van der Waals surface area contributed by atoms with Crippen molar-refractivity contribution in [1.29, 1.82) is 0 Å². The topological polar surface area (TPSA) is 43.6 Å². The molecule has 19 heavy (non-hydrogen) atoms. The summed E-state index contributed by atoms with van der Waals surface area (Å²) < 4.78 is 1.82.